The number of hydrogen-bond acceptors (Lipinski definition) is 6. The van der Waals surface area contributed by atoms with Crippen molar-refractivity contribution in [3.05, 3.63) is 59.5 Å². The number of hydrogen-bond donors (Lipinski definition) is 1. The molecule has 0 aliphatic carbocycles. The van der Waals surface area contributed by atoms with Gasteiger partial charge in [0, 0.05) is 50.4 Å². The minimum atomic E-state index is -4.81. The molecule has 2 N–H and O–H groups in total. The maximum absolute atomic E-state index is 13.1. The summed E-state index contributed by atoms with van der Waals surface area (Å²) in [4.78, 5) is 14.0. The molecule has 1 spiro atoms. The molecule has 2 aliphatic heterocycles. The third kappa shape index (κ3) is 4.78. The number of nitrogens with zero attached hydrogens (tertiary/aromatic N) is 2. The molecule has 3 heterocycles. The van der Waals surface area contributed by atoms with Crippen molar-refractivity contribution in [1.82, 2.24) is 4.57 Å². The van der Waals surface area contributed by atoms with Gasteiger partial charge in [-0.1, -0.05) is 18.2 Å². The number of alkyl halides is 3. The van der Waals surface area contributed by atoms with Crippen molar-refractivity contribution >= 4 is 34.9 Å². The lowest BCUT2D eigenvalue weighted by Crippen LogP contribution is -2.43. The van der Waals surface area contributed by atoms with Gasteiger partial charge in [-0.05, 0) is 36.6 Å². The highest BCUT2D eigenvalue weighted by molar-refractivity contribution is 5.97. The molecular formula is C26H27ClF3N3O4. The fraction of sp³-hybridized carbons (Fsp3) is 0.385. The molecule has 1 saturated heterocycles. The number of para-hydroxylation sites is 1. The van der Waals surface area contributed by atoms with Gasteiger partial charge in [0.2, 0.25) is 0 Å². The third-order valence-electron chi connectivity index (χ3n) is 7.09. The van der Waals surface area contributed by atoms with Crippen LogP contribution in [0.3, 0.4) is 0 Å². The van der Waals surface area contributed by atoms with Crippen LogP contribution >= 0.6 is 12.4 Å². The normalized spacial score (nSPS) is 16.4. The van der Waals surface area contributed by atoms with Gasteiger partial charge in [0.05, 0.1) is 23.2 Å². The lowest BCUT2D eigenvalue weighted by Gasteiger charge is -2.39. The van der Waals surface area contributed by atoms with E-state index < -0.39 is 11.8 Å². The predicted molar refractivity (Wildman–Crippen MR) is 135 cm³/mol. The summed E-state index contributed by atoms with van der Waals surface area (Å²) < 4.78 is 56.4. The van der Waals surface area contributed by atoms with Gasteiger partial charge in [-0.25, -0.2) is 4.79 Å². The van der Waals surface area contributed by atoms with Crippen LogP contribution < -0.4 is 20.1 Å². The average molecular weight is 538 g/mol. The minimum absolute atomic E-state index is 0. The summed E-state index contributed by atoms with van der Waals surface area (Å²) in [6, 6.07) is 10.4. The molecule has 3 aromatic rings. The molecule has 0 bridgehead atoms. The largest absolute Gasteiger partial charge is 0.573 e. The number of nitrogens with two attached hydrogens (primary N) is 1. The third-order valence-corrected chi connectivity index (χ3v) is 7.09. The number of piperidine rings is 1. The molecule has 37 heavy (non-hydrogen) atoms. The molecule has 0 amide bonds. The molecule has 11 heteroatoms. The van der Waals surface area contributed by atoms with Crippen LogP contribution in [0.1, 0.15) is 24.0 Å². The van der Waals surface area contributed by atoms with Gasteiger partial charge < -0.3 is 29.4 Å². The zero-order chi connectivity index (χ0) is 25.5. The summed E-state index contributed by atoms with van der Waals surface area (Å²) in [5.74, 6) is 2.66. The second-order valence-corrected chi connectivity index (χ2v) is 9.04. The Morgan fingerprint density at radius 2 is 1.95 bits per heavy atom. The van der Waals surface area contributed by atoms with Gasteiger partial charge in [0.1, 0.15) is 5.75 Å². The van der Waals surface area contributed by atoms with Crippen LogP contribution in [0.2, 0.25) is 0 Å². The number of aromatic nitrogens is 1. The zero-order valence-electron chi connectivity index (χ0n) is 20.1. The molecule has 7 nitrogen and oxygen atoms in total. The number of methoxy groups -OCH3 is 1. The highest BCUT2D eigenvalue weighted by atomic mass is 35.5. The van der Waals surface area contributed by atoms with Crippen LogP contribution in [0, 0.1) is 0 Å². The van der Waals surface area contributed by atoms with Crippen molar-refractivity contribution in [3.63, 3.8) is 0 Å². The number of rotatable bonds is 6. The molecule has 0 radical (unpaired) electrons. The van der Waals surface area contributed by atoms with Crippen molar-refractivity contribution < 1.29 is 32.2 Å². The monoisotopic (exact) mass is 537 g/mol. The Bertz CT molecular complexity index is 1340. The van der Waals surface area contributed by atoms with Gasteiger partial charge in [0.15, 0.2) is 17.5 Å². The Morgan fingerprint density at radius 3 is 2.59 bits per heavy atom. The van der Waals surface area contributed by atoms with E-state index in [1.807, 2.05) is 30.3 Å². The Labute approximate surface area is 218 Å². The molecule has 198 valence electrons. The number of halogens is 4. The number of carbonyl (C=O) groups excluding carboxylic acids is 1. The van der Waals surface area contributed by atoms with E-state index in [9.17, 15) is 18.0 Å². The highest BCUT2D eigenvalue weighted by Gasteiger charge is 2.49. The lowest BCUT2D eigenvalue weighted by molar-refractivity contribution is -0.274. The number of benzene rings is 2. The van der Waals surface area contributed by atoms with E-state index in [4.69, 9.17) is 15.2 Å². The molecule has 1 aromatic heterocycles. The second-order valence-electron chi connectivity index (χ2n) is 9.04. The molecule has 0 unspecified atom stereocenters. The molecule has 2 aromatic carbocycles. The predicted octanol–water partition coefficient (Wildman–Crippen LogP) is 4.71. The maximum atomic E-state index is 13.1. The van der Waals surface area contributed by atoms with Crippen LogP contribution in [-0.4, -0.2) is 43.7 Å². The molecule has 2 aliphatic rings. The van der Waals surface area contributed by atoms with E-state index in [0.717, 1.165) is 16.8 Å². The van der Waals surface area contributed by atoms with Gasteiger partial charge in [0.25, 0.3) is 0 Å². The first-order chi connectivity index (χ1) is 17.3. The van der Waals surface area contributed by atoms with E-state index in [-0.39, 0.29) is 23.9 Å². The topological polar surface area (TPSA) is 79.0 Å². The quantitative estimate of drug-likeness (QED) is 0.459. The number of fused-ring (bicyclic) bond motifs is 3. The summed E-state index contributed by atoms with van der Waals surface area (Å²) in [5, 5.41) is 0.656. The van der Waals surface area contributed by atoms with Crippen LogP contribution in [-0.2, 0) is 28.0 Å². The van der Waals surface area contributed by atoms with E-state index in [1.165, 1.54) is 6.07 Å². The van der Waals surface area contributed by atoms with Gasteiger partial charge >= 0.3 is 6.36 Å². The minimum Gasteiger partial charge on any atom is -0.449 e. The summed E-state index contributed by atoms with van der Waals surface area (Å²) in [7, 11) is 1.54. The fourth-order valence-corrected chi connectivity index (χ4v) is 5.37. The molecule has 5 rings (SSSR count). The van der Waals surface area contributed by atoms with Crippen molar-refractivity contribution in [3.8, 4) is 11.5 Å². The van der Waals surface area contributed by atoms with Crippen molar-refractivity contribution in [2.45, 2.75) is 37.7 Å². The summed E-state index contributed by atoms with van der Waals surface area (Å²) in [6.07, 6.45) is -1.80. The Morgan fingerprint density at radius 1 is 1.19 bits per heavy atom. The first-order valence-corrected chi connectivity index (χ1v) is 11.7. The van der Waals surface area contributed by atoms with Crippen LogP contribution in [0.4, 0.5) is 18.9 Å². The summed E-state index contributed by atoms with van der Waals surface area (Å²) >= 11 is 0. The lowest BCUT2D eigenvalue weighted by atomic mass is 9.72. The maximum Gasteiger partial charge on any atom is 0.573 e. The van der Waals surface area contributed by atoms with Crippen LogP contribution in [0.5, 0.6) is 11.5 Å². The SMILES string of the molecule is COCCn1cc(N2CCC3(CC2)C(=C=O)Oc2ccc(CN)cc23)c2cccc(OC(F)(F)F)c21.Cl. The van der Waals surface area contributed by atoms with E-state index in [2.05, 4.69) is 9.64 Å². The van der Waals surface area contributed by atoms with Crippen LogP contribution in [0.15, 0.2) is 48.4 Å². The second kappa shape index (κ2) is 10.3. The number of ether oxygens (including phenoxy) is 3. The van der Waals surface area contributed by atoms with Crippen molar-refractivity contribution in [1.29, 1.82) is 0 Å². The van der Waals surface area contributed by atoms with Gasteiger partial charge in [-0.15, -0.1) is 25.6 Å². The van der Waals surface area contributed by atoms with Crippen molar-refractivity contribution in [2.24, 2.45) is 5.73 Å². The Balaban J connectivity index is 0.00000320. The summed E-state index contributed by atoms with van der Waals surface area (Å²) in [6.45, 7) is 2.20. The zero-order valence-corrected chi connectivity index (χ0v) is 21.0. The van der Waals surface area contributed by atoms with Gasteiger partial charge in [-0.2, -0.15) is 0 Å². The molecule has 0 saturated carbocycles. The highest BCUT2D eigenvalue weighted by Crippen LogP contribution is 2.52. The molecular weight excluding hydrogens is 511 g/mol. The van der Waals surface area contributed by atoms with Gasteiger partial charge in [-0.3, -0.25) is 0 Å². The van der Waals surface area contributed by atoms with Crippen molar-refractivity contribution in [2.75, 3.05) is 31.7 Å². The molecule has 0 atom stereocenters. The van der Waals surface area contributed by atoms with E-state index >= 15 is 0 Å². The van der Waals surface area contributed by atoms with E-state index in [1.54, 1.807) is 23.8 Å². The standard InChI is InChI=1S/C26H26F3N3O4.ClH/c1-34-12-11-32-15-20(18-3-2-4-22(24(18)32)36-26(27,28)29)31-9-7-25(8-10-31)19-13-17(14-30)5-6-21(19)35-23(25)16-33;/h2-6,13,15H,7-12,14,30H2,1H3;1H. The number of anilines is 1. The fourth-order valence-electron chi connectivity index (χ4n) is 5.37. The van der Waals surface area contributed by atoms with E-state index in [0.29, 0.717) is 62.3 Å². The first-order valence-electron chi connectivity index (χ1n) is 11.7. The summed E-state index contributed by atoms with van der Waals surface area (Å²) in [5.41, 5.74) is 8.29. The Hall–Kier alpha value is -3.17. The van der Waals surface area contributed by atoms with Crippen LogP contribution in [0.25, 0.3) is 10.9 Å². The Kier molecular flexibility index (Phi) is 7.48. The average Bonchev–Trinajstić information content (AvgIpc) is 3.38. The smallest absolute Gasteiger partial charge is 0.449 e. The first kappa shape index (κ1) is 26.9. The molecule has 1 fully saturated rings. The number of allylic oxidation sites excluding steroid dienone is 1.